The SMILES string of the molecule is C[C@H]1CC/C=C\[C@@H]2C[C@@]2(C(=O)NS(=O)(=O)C2(CF)CC2)NC(=O)[C@@H]2C[C@@H](Oc3nc4nccn4c4ccc(Cl)cc34)CN2C(=O)[C@@H](N(C(=O)O)C(C)(C)C(F)(F)F)[C@H](C)C1. The number of carbonyl (C=O) groups is 4. The molecule has 4 aliphatic rings. The molecule has 2 aliphatic carbocycles. The van der Waals surface area contributed by atoms with Gasteiger partial charge >= 0.3 is 12.3 Å². The number of halogens is 5. The highest BCUT2D eigenvalue weighted by molar-refractivity contribution is 7.91. The Kier molecular flexibility index (Phi) is 11.1. The first kappa shape index (κ1) is 43.4. The first-order valence-electron chi connectivity index (χ1n) is 19.7. The Balaban J connectivity index is 1.31. The van der Waals surface area contributed by atoms with Gasteiger partial charge in [-0.25, -0.2) is 22.6 Å². The molecule has 15 nitrogen and oxygen atoms in total. The Morgan fingerprint density at radius 1 is 1.17 bits per heavy atom. The summed E-state index contributed by atoms with van der Waals surface area (Å²) in [4.78, 5) is 66.4. The van der Waals surface area contributed by atoms with Gasteiger partial charge in [0.25, 0.3) is 5.91 Å². The number of hydrogen-bond acceptors (Lipinski definition) is 9. The highest BCUT2D eigenvalue weighted by atomic mass is 35.5. The largest absolute Gasteiger partial charge is 0.472 e. The van der Waals surface area contributed by atoms with E-state index in [0.717, 1.165) is 4.90 Å². The van der Waals surface area contributed by atoms with E-state index in [-0.39, 0.29) is 54.6 Å². The molecule has 7 atom stereocenters. The van der Waals surface area contributed by atoms with Crippen LogP contribution < -0.4 is 14.8 Å². The van der Waals surface area contributed by atoms with Crippen LogP contribution >= 0.6 is 11.6 Å². The highest BCUT2D eigenvalue weighted by Gasteiger charge is 2.64. The fraction of sp³-hybridized carbons (Fsp3) is 0.590. The second-order valence-corrected chi connectivity index (χ2v) is 19.7. The standard InChI is InChI=1S/C39H46ClF4N7O8S/c1-21-7-5-6-8-23-18-38(23,33(54)48-60(57,58)37(20-41)11-12-37)47-30(52)28-17-25(59-31-26-16-24(40)9-10-27(26)49-14-13-45-34(49)46-31)19-50(28)32(53)29(22(2)15-21)51(35(55)56)36(3,4)39(42,43)44/h6,8-10,13-14,16,21-23,25,28-29H,5,7,11-12,15,17-20H2,1-4H3,(H,47,52)(H,48,54)(H,55,56)/b8-6-/t21-,22+,23+,25+,28-,29-,38+/m0/s1. The fourth-order valence-corrected chi connectivity index (χ4v) is 10.2. The van der Waals surface area contributed by atoms with Gasteiger partial charge in [0.05, 0.1) is 17.4 Å². The van der Waals surface area contributed by atoms with Gasteiger partial charge in [0.1, 0.15) is 40.7 Å². The summed E-state index contributed by atoms with van der Waals surface area (Å²) in [6.07, 6.45) is -1.03. The van der Waals surface area contributed by atoms with Crippen molar-refractivity contribution in [2.24, 2.45) is 17.8 Å². The van der Waals surface area contributed by atoms with Crippen LogP contribution in [0.5, 0.6) is 5.88 Å². The Morgan fingerprint density at radius 2 is 1.88 bits per heavy atom. The zero-order valence-electron chi connectivity index (χ0n) is 33.2. The van der Waals surface area contributed by atoms with E-state index in [4.69, 9.17) is 16.3 Å². The van der Waals surface area contributed by atoms with Gasteiger partial charge in [0.2, 0.25) is 33.5 Å². The molecule has 4 amide bonds. The van der Waals surface area contributed by atoms with Crippen LogP contribution in [0.3, 0.4) is 0 Å². The summed E-state index contributed by atoms with van der Waals surface area (Å²) in [5, 5.41) is 13.9. The number of ether oxygens (including phenoxy) is 1. The average molecular weight is 884 g/mol. The van der Waals surface area contributed by atoms with Gasteiger partial charge in [0.15, 0.2) is 0 Å². The van der Waals surface area contributed by atoms with Crippen LogP contribution in [0.25, 0.3) is 16.7 Å². The smallest absolute Gasteiger partial charge is 0.411 e. The van der Waals surface area contributed by atoms with Crippen molar-refractivity contribution in [2.75, 3.05) is 13.2 Å². The lowest BCUT2D eigenvalue weighted by Gasteiger charge is -2.45. The number of hydrogen-bond donors (Lipinski definition) is 3. The molecule has 3 aromatic rings. The van der Waals surface area contributed by atoms with Gasteiger partial charge in [-0.3, -0.25) is 28.4 Å². The van der Waals surface area contributed by atoms with Gasteiger partial charge in [-0.15, -0.1) is 0 Å². The molecule has 2 saturated carbocycles. The van der Waals surface area contributed by atoms with Gasteiger partial charge in [0, 0.05) is 29.8 Å². The maximum absolute atomic E-state index is 15.1. The normalized spacial score (nSPS) is 29.1. The quantitative estimate of drug-likeness (QED) is 0.195. The number of imidazole rings is 1. The van der Waals surface area contributed by atoms with Crippen LogP contribution in [0.2, 0.25) is 5.02 Å². The summed E-state index contributed by atoms with van der Waals surface area (Å²) >= 11 is 6.35. The lowest BCUT2D eigenvalue weighted by atomic mass is 9.85. The number of nitrogens with zero attached hydrogens (tertiary/aromatic N) is 5. The molecule has 2 aromatic heterocycles. The second kappa shape index (κ2) is 15.3. The molecule has 2 aliphatic heterocycles. The number of alkyl halides is 4. The number of carboxylic acid groups (broad SMARTS) is 1. The zero-order valence-corrected chi connectivity index (χ0v) is 34.8. The highest BCUT2D eigenvalue weighted by Crippen LogP contribution is 2.48. The number of nitrogens with one attached hydrogen (secondary N) is 2. The molecule has 7 rings (SSSR count). The fourth-order valence-electron chi connectivity index (χ4n) is 8.59. The molecule has 1 saturated heterocycles. The van der Waals surface area contributed by atoms with Crippen LogP contribution in [-0.4, -0.2) is 115 Å². The summed E-state index contributed by atoms with van der Waals surface area (Å²) in [6.45, 7) is 2.98. The van der Waals surface area contributed by atoms with E-state index in [2.05, 4.69) is 15.3 Å². The Morgan fingerprint density at radius 3 is 2.53 bits per heavy atom. The van der Waals surface area contributed by atoms with Crippen molar-refractivity contribution in [1.29, 1.82) is 0 Å². The summed E-state index contributed by atoms with van der Waals surface area (Å²) < 4.78 is 92.8. The van der Waals surface area contributed by atoms with Crippen LogP contribution in [0.1, 0.15) is 72.6 Å². The number of carbonyl (C=O) groups excluding carboxylic acids is 3. The maximum atomic E-state index is 15.1. The number of amides is 4. The van der Waals surface area contributed by atoms with Gasteiger partial charge in [-0.1, -0.05) is 37.6 Å². The van der Waals surface area contributed by atoms with Gasteiger partial charge in [-0.05, 0) is 82.4 Å². The zero-order chi connectivity index (χ0) is 43.7. The van der Waals surface area contributed by atoms with E-state index in [9.17, 15) is 45.5 Å². The number of aromatic nitrogens is 3. The monoisotopic (exact) mass is 883 g/mol. The van der Waals surface area contributed by atoms with E-state index < -0.39 is 99.1 Å². The minimum atomic E-state index is -5.13. The summed E-state index contributed by atoms with van der Waals surface area (Å²) in [6, 6.07) is 1.40. The molecule has 326 valence electrons. The van der Waals surface area contributed by atoms with Crippen molar-refractivity contribution in [3.8, 4) is 5.88 Å². The van der Waals surface area contributed by atoms with E-state index in [1.807, 2.05) is 11.6 Å². The van der Waals surface area contributed by atoms with Crippen LogP contribution in [0.4, 0.5) is 22.4 Å². The van der Waals surface area contributed by atoms with Crippen molar-refractivity contribution in [3.05, 3.63) is 47.8 Å². The number of fused-ring (bicyclic) bond motifs is 5. The molecule has 3 fully saturated rings. The minimum Gasteiger partial charge on any atom is -0.472 e. The predicted octanol–water partition coefficient (Wildman–Crippen LogP) is 5.41. The van der Waals surface area contributed by atoms with E-state index in [1.54, 1.807) is 40.9 Å². The lowest BCUT2D eigenvalue weighted by molar-refractivity contribution is -0.222. The molecule has 3 N–H and O–H groups in total. The molecule has 0 bridgehead atoms. The molecule has 0 spiro atoms. The van der Waals surface area contributed by atoms with Gasteiger partial charge < -0.3 is 20.1 Å². The molecule has 60 heavy (non-hydrogen) atoms. The number of rotatable bonds is 8. The molecule has 0 unspecified atom stereocenters. The predicted molar refractivity (Wildman–Crippen MR) is 209 cm³/mol. The van der Waals surface area contributed by atoms with E-state index >= 15 is 4.79 Å². The molecule has 1 aromatic carbocycles. The first-order valence-corrected chi connectivity index (χ1v) is 21.5. The van der Waals surface area contributed by atoms with Crippen LogP contribution in [0, 0.1) is 17.8 Å². The summed E-state index contributed by atoms with van der Waals surface area (Å²) in [5.74, 6) is -4.90. The second-order valence-electron chi connectivity index (χ2n) is 17.2. The molecule has 4 heterocycles. The van der Waals surface area contributed by atoms with E-state index in [0.29, 0.717) is 42.6 Å². The lowest BCUT2D eigenvalue weighted by Crippen LogP contribution is -2.66. The number of sulfonamides is 1. The molecule has 21 heteroatoms. The van der Waals surface area contributed by atoms with Crippen molar-refractivity contribution in [3.63, 3.8) is 0 Å². The minimum absolute atomic E-state index is 0.00449. The Labute approximate surface area is 347 Å². The third-order valence-corrected chi connectivity index (χ3v) is 14.9. The van der Waals surface area contributed by atoms with Crippen molar-refractivity contribution in [2.45, 2.75) is 113 Å². The van der Waals surface area contributed by atoms with Crippen LogP contribution in [0.15, 0.2) is 42.7 Å². The summed E-state index contributed by atoms with van der Waals surface area (Å²) in [7, 11) is -4.52. The Bertz CT molecular complexity index is 2370. The number of allylic oxidation sites excluding steroid dienone is 1. The third-order valence-electron chi connectivity index (χ3n) is 12.6. The van der Waals surface area contributed by atoms with Gasteiger partial charge in [-0.2, -0.15) is 18.2 Å². The summed E-state index contributed by atoms with van der Waals surface area (Å²) in [5.41, 5.74) is -4.35. The van der Waals surface area contributed by atoms with Crippen molar-refractivity contribution >= 4 is 62.1 Å². The number of benzene rings is 1. The molecule has 0 radical (unpaired) electrons. The molecular formula is C39H46ClF4N7O8S. The topological polar surface area (TPSA) is 193 Å². The average Bonchev–Trinajstić information content (AvgIpc) is 4.00. The maximum Gasteiger partial charge on any atom is 0.411 e. The van der Waals surface area contributed by atoms with Crippen molar-refractivity contribution < 1.29 is 55.0 Å². The Hall–Kier alpha value is -4.72. The third kappa shape index (κ3) is 7.62. The molecular weight excluding hydrogens is 838 g/mol. The first-order chi connectivity index (χ1) is 28.1. The van der Waals surface area contributed by atoms with E-state index in [1.165, 1.54) is 13.1 Å². The van der Waals surface area contributed by atoms with Crippen LogP contribution in [-0.2, 0) is 24.4 Å². The van der Waals surface area contributed by atoms with Crippen molar-refractivity contribution in [1.82, 2.24) is 34.2 Å².